The van der Waals surface area contributed by atoms with Crippen molar-refractivity contribution in [2.75, 3.05) is 31.1 Å². The smallest absolute Gasteiger partial charge is 0.283 e. The minimum absolute atomic E-state index is 0.0270. The topological polar surface area (TPSA) is 92.5 Å². The van der Waals surface area contributed by atoms with Crippen LogP contribution < -0.4 is 4.90 Å². The zero-order valence-corrected chi connectivity index (χ0v) is 16.3. The van der Waals surface area contributed by atoms with E-state index in [2.05, 4.69) is 25.9 Å². The van der Waals surface area contributed by atoms with Gasteiger partial charge < -0.3 is 9.80 Å². The van der Waals surface area contributed by atoms with Crippen LogP contribution in [0.3, 0.4) is 0 Å². The Labute approximate surface area is 167 Å². The number of carbonyl (C=O) groups excluding carboxylic acids is 1. The van der Waals surface area contributed by atoms with Gasteiger partial charge in [0.2, 0.25) is 5.28 Å². The van der Waals surface area contributed by atoms with Crippen LogP contribution in [0.5, 0.6) is 0 Å². The first-order chi connectivity index (χ1) is 12.4. The van der Waals surface area contributed by atoms with Crippen molar-refractivity contribution in [1.82, 2.24) is 14.9 Å². The Kier molecular flexibility index (Phi) is 5.59. The van der Waals surface area contributed by atoms with Crippen LogP contribution in [0.15, 0.2) is 28.9 Å². The van der Waals surface area contributed by atoms with E-state index < -0.39 is 10.8 Å². The summed E-state index contributed by atoms with van der Waals surface area (Å²) in [4.78, 5) is 34.9. The van der Waals surface area contributed by atoms with E-state index in [1.807, 2.05) is 4.90 Å². The molecule has 0 atom stereocenters. The minimum Gasteiger partial charge on any atom is -0.352 e. The van der Waals surface area contributed by atoms with E-state index in [-0.39, 0.29) is 21.6 Å². The Hall–Kier alpha value is -1.97. The van der Waals surface area contributed by atoms with E-state index in [1.54, 1.807) is 11.1 Å². The number of halogens is 3. The predicted octanol–water partition coefficient (Wildman–Crippen LogP) is 3.42. The van der Waals surface area contributed by atoms with E-state index in [0.717, 1.165) is 0 Å². The predicted molar refractivity (Wildman–Crippen MR) is 101 cm³/mol. The van der Waals surface area contributed by atoms with Crippen LogP contribution in [-0.4, -0.2) is 51.9 Å². The Morgan fingerprint density at radius 2 is 1.92 bits per heavy atom. The van der Waals surface area contributed by atoms with Crippen LogP contribution in [0, 0.1) is 10.1 Å². The molecule has 0 spiro atoms. The van der Waals surface area contributed by atoms with Crippen LogP contribution in [0.1, 0.15) is 10.4 Å². The molecule has 1 amide bonds. The number of nitro groups is 1. The SMILES string of the molecule is O=C(c1ccc(Cl)cc1[N+](=O)[O-])N1CCN(c2nc(Cl)ncc2Br)CC1. The number of nitrogens with zero attached hydrogens (tertiary/aromatic N) is 5. The third-order valence-corrected chi connectivity index (χ3v) is 4.93. The molecule has 0 radical (unpaired) electrons. The molecule has 0 aliphatic carbocycles. The summed E-state index contributed by atoms with van der Waals surface area (Å²) in [5.74, 6) is 0.252. The average Bonchev–Trinajstić information content (AvgIpc) is 2.63. The monoisotopic (exact) mass is 459 g/mol. The Morgan fingerprint density at radius 3 is 2.58 bits per heavy atom. The molecule has 8 nitrogen and oxygen atoms in total. The van der Waals surface area contributed by atoms with Crippen LogP contribution in [0.25, 0.3) is 0 Å². The van der Waals surface area contributed by atoms with Crippen molar-refractivity contribution in [2.45, 2.75) is 0 Å². The summed E-state index contributed by atoms with van der Waals surface area (Å²) >= 11 is 15.0. The first-order valence-corrected chi connectivity index (χ1v) is 9.08. The molecule has 1 aromatic carbocycles. The molecule has 0 unspecified atom stereocenters. The van der Waals surface area contributed by atoms with E-state index in [0.29, 0.717) is 36.5 Å². The third kappa shape index (κ3) is 3.89. The molecule has 0 N–H and O–H groups in total. The van der Waals surface area contributed by atoms with E-state index >= 15 is 0 Å². The van der Waals surface area contributed by atoms with Gasteiger partial charge in [0.25, 0.3) is 11.6 Å². The number of hydrogen-bond donors (Lipinski definition) is 0. The molecular formula is C15H12BrCl2N5O3. The van der Waals surface area contributed by atoms with Gasteiger partial charge in [-0.15, -0.1) is 0 Å². The lowest BCUT2D eigenvalue weighted by Crippen LogP contribution is -2.49. The summed E-state index contributed by atoms with van der Waals surface area (Å²) in [5, 5.41) is 11.6. The van der Waals surface area contributed by atoms with Crippen molar-refractivity contribution in [1.29, 1.82) is 0 Å². The van der Waals surface area contributed by atoms with Gasteiger partial charge in [-0.05, 0) is 39.7 Å². The molecule has 1 aliphatic rings. The van der Waals surface area contributed by atoms with Crippen LogP contribution in [-0.2, 0) is 0 Å². The highest BCUT2D eigenvalue weighted by atomic mass is 79.9. The van der Waals surface area contributed by atoms with Gasteiger partial charge in [0.1, 0.15) is 11.4 Å². The molecule has 2 aromatic rings. The maximum absolute atomic E-state index is 12.7. The fourth-order valence-electron chi connectivity index (χ4n) is 2.69. The first-order valence-electron chi connectivity index (χ1n) is 7.53. The lowest BCUT2D eigenvalue weighted by atomic mass is 10.1. The number of aromatic nitrogens is 2. The summed E-state index contributed by atoms with van der Waals surface area (Å²) < 4.78 is 0.704. The van der Waals surface area contributed by atoms with Crippen LogP contribution in [0.4, 0.5) is 11.5 Å². The summed E-state index contributed by atoms with van der Waals surface area (Å²) in [5.41, 5.74) is -0.269. The van der Waals surface area contributed by atoms with Crippen molar-refractivity contribution in [3.05, 3.63) is 54.9 Å². The fraction of sp³-hybridized carbons (Fsp3) is 0.267. The van der Waals surface area contributed by atoms with E-state index in [1.165, 1.54) is 18.2 Å². The number of rotatable bonds is 3. The van der Waals surface area contributed by atoms with Gasteiger partial charge in [-0.3, -0.25) is 14.9 Å². The number of piperazine rings is 1. The number of anilines is 1. The molecule has 2 heterocycles. The second kappa shape index (κ2) is 7.73. The molecule has 1 saturated heterocycles. The van der Waals surface area contributed by atoms with Crippen molar-refractivity contribution >= 4 is 56.5 Å². The molecule has 1 aliphatic heterocycles. The standard InChI is InChI=1S/C15H12BrCl2N5O3/c16-11-8-19-15(18)20-13(11)21-3-5-22(6-4-21)14(24)10-2-1-9(17)7-12(10)23(25)26/h1-2,7-8H,3-6H2. The normalized spacial score (nSPS) is 14.4. The first kappa shape index (κ1) is 18.8. The van der Waals surface area contributed by atoms with Crippen molar-refractivity contribution in [3.8, 4) is 0 Å². The van der Waals surface area contributed by atoms with Crippen molar-refractivity contribution < 1.29 is 9.72 Å². The molecular weight excluding hydrogens is 449 g/mol. The zero-order chi connectivity index (χ0) is 18.8. The van der Waals surface area contributed by atoms with Gasteiger partial charge in [-0.1, -0.05) is 11.6 Å². The maximum Gasteiger partial charge on any atom is 0.283 e. The van der Waals surface area contributed by atoms with E-state index in [9.17, 15) is 14.9 Å². The highest BCUT2D eigenvalue weighted by Gasteiger charge is 2.28. The Bertz CT molecular complexity index is 874. The van der Waals surface area contributed by atoms with Crippen LogP contribution >= 0.6 is 39.1 Å². The van der Waals surface area contributed by atoms with Crippen molar-refractivity contribution in [2.24, 2.45) is 0 Å². The molecule has 1 aromatic heterocycles. The molecule has 11 heteroatoms. The van der Waals surface area contributed by atoms with Crippen LogP contribution in [0.2, 0.25) is 10.3 Å². The van der Waals surface area contributed by atoms with Gasteiger partial charge in [-0.25, -0.2) is 4.98 Å². The second-order valence-corrected chi connectivity index (χ2v) is 7.14. The van der Waals surface area contributed by atoms with Gasteiger partial charge in [0.05, 0.1) is 9.40 Å². The fourth-order valence-corrected chi connectivity index (χ4v) is 3.42. The summed E-state index contributed by atoms with van der Waals surface area (Å²) in [6, 6.07) is 4.04. The molecule has 1 fully saturated rings. The third-order valence-electron chi connectivity index (χ3n) is 3.95. The lowest BCUT2D eigenvalue weighted by molar-refractivity contribution is -0.385. The number of amides is 1. The lowest BCUT2D eigenvalue weighted by Gasteiger charge is -2.35. The number of benzene rings is 1. The van der Waals surface area contributed by atoms with Gasteiger partial charge in [-0.2, -0.15) is 4.98 Å². The molecule has 0 bridgehead atoms. The van der Waals surface area contributed by atoms with Crippen molar-refractivity contribution in [3.63, 3.8) is 0 Å². The minimum atomic E-state index is -0.602. The Morgan fingerprint density at radius 1 is 1.23 bits per heavy atom. The zero-order valence-electron chi connectivity index (χ0n) is 13.2. The highest BCUT2D eigenvalue weighted by molar-refractivity contribution is 9.10. The second-order valence-electron chi connectivity index (χ2n) is 5.51. The number of hydrogen-bond acceptors (Lipinski definition) is 6. The molecule has 3 rings (SSSR count). The summed E-state index contributed by atoms with van der Waals surface area (Å²) in [7, 11) is 0. The maximum atomic E-state index is 12.7. The van der Waals surface area contributed by atoms with Gasteiger partial charge in [0.15, 0.2) is 0 Å². The summed E-state index contributed by atoms with van der Waals surface area (Å²) in [6.07, 6.45) is 1.57. The summed E-state index contributed by atoms with van der Waals surface area (Å²) in [6.45, 7) is 1.82. The van der Waals surface area contributed by atoms with E-state index in [4.69, 9.17) is 23.2 Å². The van der Waals surface area contributed by atoms with Gasteiger partial charge in [0, 0.05) is 43.5 Å². The average molecular weight is 461 g/mol. The highest BCUT2D eigenvalue weighted by Crippen LogP contribution is 2.27. The largest absolute Gasteiger partial charge is 0.352 e. The number of nitro benzene ring substituents is 1. The molecule has 0 saturated carbocycles. The Balaban J connectivity index is 1.75. The quantitative estimate of drug-likeness (QED) is 0.395. The number of carbonyl (C=O) groups is 1. The molecule has 26 heavy (non-hydrogen) atoms. The molecule has 136 valence electrons. The van der Waals surface area contributed by atoms with Gasteiger partial charge >= 0.3 is 0 Å².